The molecule has 1 aliphatic rings. The Labute approximate surface area is 138 Å². The zero-order chi connectivity index (χ0) is 16.5. The van der Waals surface area contributed by atoms with Crippen LogP contribution in [0.2, 0.25) is 0 Å². The van der Waals surface area contributed by atoms with E-state index in [1.165, 1.54) is 6.07 Å². The number of aromatic nitrogens is 1. The van der Waals surface area contributed by atoms with Gasteiger partial charge in [0.05, 0.1) is 11.2 Å². The second-order valence-electron chi connectivity index (χ2n) is 6.02. The number of hydrogen-bond donors (Lipinski definition) is 1. The summed E-state index contributed by atoms with van der Waals surface area (Å²) in [6, 6.07) is 12.6. The number of H-pyrrole nitrogens is 1. The topological polar surface area (TPSA) is 52.5 Å². The Morgan fingerprint density at radius 2 is 1.83 bits per heavy atom. The van der Waals surface area contributed by atoms with Crippen LogP contribution in [0, 0.1) is 5.82 Å². The van der Waals surface area contributed by atoms with E-state index in [1.54, 1.807) is 12.1 Å². The summed E-state index contributed by atoms with van der Waals surface area (Å²) in [6.45, 7) is 3.97. The fourth-order valence-corrected chi connectivity index (χ4v) is 3.26. The molecule has 1 fully saturated rings. The summed E-state index contributed by atoms with van der Waals surface area (Å²) in [5.41, 5.74) is 3.05. The first-order valence-electron chi connectivity index (χ1n) is 8.03. The molecule has 0 atom stereocenters. The van der Waals surface area contributed by atoms with Gasteiger partial charge in [-0.3, -0.25) is 9.88 Å². The molecular formula is C18H18FN3O2. The first-order chi connectivity index (χ1) is 11.7. The van der Waals surface area contributed by atoms with Crippen LogP contribution in [-0.2, 0) is 6.54 Å². The van der Waals surface area contributed by atoms with Gasteiger partial charge in [0.15, 0.2) is 5.58 Å². The highest BCUT2D eigenvalue weighted by Crippen LogP contribution is 2.22. The lowest BCUT2D eigenvalue weighted by Gasteiger charge is -2.36. The lowest BCUT2D eigenvalue weighted by molar-refractivity contribution is 0.250. The first-order valence-corrected chi connectivity index (χ1v) is 8.03. The number of aromatic amines is 1. The number of piperazine rings is 1. The average molecular weight is 327 g/mol. The van der Waals surface area contributed by atoms with Gasteiger partial charge in [-0.15, -0.1) is 0 Å². The summed E-state index contributed by atoms with van der Waals surface area (Å²) < 4.78 is 19.0. The maximum atomic E-state index is 13.9. The van der Waals surface area contributed by atoms with E-state index in [0.29, 0.717) is 11.3 Å². The molecule has 0 radical (unpaired) electrons. The smallest absolute Gasteiger partial charge is 0.408 e. The van der Waals surface area contributed by atoms with E-state index < -0.39 is 5.76 Å². The number of rotatable bonds is 3. The molecule has 24 heavy (non-hydrogen) atoms. The Morgan fingerprint density at radius 3 is 2.62 bits per heavy atom. The van der Waals surface area contributed by atoms with E-state index in [1.807, 2.05) is 24.3 Å². The molecule has 124 valence electrons. The van der Waals surface area contributed by atoms with Crippen molar-refractivity contribution in [3.63, 3.8) is 0 Å². The van der Waals surface area contributed by atoms with Gasteiger partial charge in [0, 0.05) is 32.7 Å². The van der Waals surface area contributed by atoms with Crippen LogP contribution in [0.25, 0.3) is 11.1 Å². The van der Waals surface area contributed by atoms with Crippen molar-refractivity contribution in [1.29, 1.82) is 0 Å². The van der Waals surface area contributed by atoms with E-state index >= 15 is 0 Å². The third-order valence-electron chi connectivity index (χ3n) is 4.50. The van der Waals surface area contributed by atoms with E-state index in [9.17, 15) is 9.18 Å². The van der Waals surface area contributed by atoms with Gasteiger partial charge < -0.3 is 9.32 Å². The largest absolute Gasteiger partial charge is 0.417 e. The normalized spacial score (nSPS) is 16.0. The minimum atomic E-state index is -0.429. The second kappa shape index (κ2) is 6.13. The summed E-state index contributed by atoms with van der Waals surface area (Å²) in [6.07, 6.45) is 0. The first kappa shape index (κ1) is 15.0. The minimum Gasteiger partial charge on any atom is -0.408 e. The van der Waals surface area contributed by atoms with Crippen LogP contribution in [0.1, 0.15) is 5.56 Å². The number of fused-ring (bicyclic) bond motifs is 1. The highest BCUT2D eigenvalue weighted by Gasteiger charge is 2.20. The monoisotopic (exact) mass is 327 g/mol. The zero-order valence-corrected chi connectivity index (χ0v) is 13.2. The standard InChI is InChI=1S/C18H18FN3O2/c19-14-5-1-2-6-15(14)22-10-8-21(9-11-22)12-13-4-3-7-16-17(13)20-18(23)24-16/h1-7H,8-12H2,(H,20,23). The predicted molar refractivity (Wildman–Crippen MR) is 90.7 cm³/mol. The van der Waals surface area contributed by atoms with Crippen LogP contribution >= 0.6 is 0 Å². The van der Waals surface area contributed by atoms with Crippen molar-refractivity contribution in [2.45, 2.75) is 6.54 Å². The van der Waals surface area contributed by atoms with Crippen molar-refractivity contribution in [3.8, 4) is 0 Å². The molecule has 0 spiro atoms. The molecule has 1 N–H and O–H groups in total. The van der Waals surface area contributed by atoms with Crippen LogP contribution in [0.15, 0.2) is 51.7 Å². The van der Waals surface area contributed by atoms with Crippen LogP contribution in [-0.4, -0.2) is 36.1 Å². The summed E-state index contributed by atoms with van der Waals surface area (Å²) in [4.78, 5) is 18.5. The minimum absolute atomic E-state index is 0.174. The number of oxazole rings is 1. The maximum Gasteiger partial charge on any atom is 0.417 e. The fourth-order valence-electron chi connectivity index (χ4n) is 3.26. The molecule has 1 aromatic heterocycles. The van der Waals surface area contributed by atoms with Gasteiger partial charge in [0.25, 0.3) is 0 Å². The molecule has 1 aliphatic heterocycles. The van der Waals surface area contributed by atoms with Crippen LogP contribution in [0.4, 0.5) is 10.1 Å². The summed E-state index contributed by atoms with van der Waals surface area (Å²) in [7, 11) is 0. The van der Waals surface area contributed by atoms with Crippen LogP contribution in [0.5, 0.6) is 0 Å². The molecular weight excluding hydrogens is 309 g/mol. The molecule has 0 unspecified atom stereocenters. The zero-order valence-electron chi connectivity index (χ0n) is 13.2. The van der Waals surface area contributed by atoms with Gasteiger partial charge in [0.1, 0.15) is 5.82 Å². The highest BCUT2D eigenvalue weighted by molar-refractivity contribution is 5.75. The molecule has 0 aliphatic carbocycles. The Morgan fingerprint density at radius 1 is 1.04 bits per heavy atom. The number of halogens is 1. The van der Waals surface area contributed by atoms with E-state index in [0.717, 1.165) is 43.8 Å². The SMILES string of the molecule is O=c1[nH]c2c(CN3CCN(c4ccccc4F)CC3)cccc2o1. The van der Waals surface area contributed by atoms with Crippen LogP contribution in [0.3, 0.4) is 0 Å². The third-order valence-corrected chi connectivity index (χ3v) is 4.50. The van der Waals surface area contributed by atoms with Gasteiger partial charge in [-0.05, 0) is 23.8 Å². The number of anilines is 1. The molecule has 0 amide bonds. The number of nitrogens with one attached hydrogen (secondary N) is 1. The van der Waals surface area contributed by atoms with Gasteiger partial charge in [-0.25, -0.2) is 9.18 Å². The molecule has 5 nitrogen and oxygen atoms in total. The number of para-hydroxylation sites is 2. The van der Waals surface area contributed by atoms with E-state index in [-0.39, 0.29) is 5.82 Å². The van der Waals surface area contributed by atoms with Crippen molar-refractivity contribution < 1.29 is 8.81 Å². The van der Waals surface area contributed by atoms with Gasteiger partial charge >= 0.3 is 5.76 Å². The van der Waals surface area contributed by atoms with Crippen molar-refractivity contribution >= 4 is 16.8 Å². The number of hydrogen-bond acceptors (Lipinski definition) is 4. The Bertz CT molecular complexity index is 910. The van der Waals surface area contributed by atoms with Crippen molar-refractivity contribution in [3.05, 3.63) is 64.4 Å². The quantitative estimate of drug-likeness (QED) is 0.803. The Hall–Kier alpha value is -2.60. The highest BCUT2D eigenvalue weighted by atomic mass is 19.1. The molecule has 4 rings (SSSR count). The second-order valence-corrected chi connectivity index (χ2v) is 6.02. The van der Waals surface area contributed by atoms with Gasteiger partial charge in [-0.2, -0.15) is 0 Å². The molecule has 0 saturated carbocycles. The number of benzene rings is 2. The van der Waals surface area contributed by atoms with Gasteiger partial charge in [-0.1, -0.05) is 24.3 Å². The summed E-state index contributed by atoms with van der Waals surface area (Å²) in [5.74, 6) is -0.603. The lowest BCUT2D eigenvalue weighted by Crippen LogP contribution is -2.46. The molecule has 2 aromatic carbocycles. The van der Waals surface area contributed by atoms with Crippen molar-refractivity contribution in [1.82, 2.24) is 9.88 Å². The Kier molecular flexibility index (Phi) is 3.82. The van der Waals surface area contributed by atoms with Gasteiger partial charge in [0.2, 0.25) is 0 Å². The van der Waals surface area contributed by atoms with E-state index in [2.05, 4.69) is 14.8 Å². The van der Waals surface area contributed by atoms with Crippen molar-refractivity contribution in [2.24, 2.45) is 0 Å². The summed E-state index contributed by atoms with van der Waals surface area (Å²) in [5, 5.41) is 0. The van der Waals surface area contributed by atoms with Crippen molar-refractivity contribution in [2.75, 3.05) is 31.1 Å². The third kappa shape index (κ3) is 2.80. The molecule has 2 heterocycles. The molecule has 3 aromatic rings. The maximum absolute atomic E-state index is 13.9. The van der Waals surface area contributed by atoms with Crippen LogP contribution < -0.4 is 10.7 Å². The predicted octanol–water partition coefficient (Wildman–Crippen LogP) is 2.58. The molecule has 0 bridgehead atoms. The molecule has 1 saturated heterocycles. The summed E-state index contributed by atoms with van der Waals surface area (Å²) >= 11 is 0. The lowest BCUT2D eigenvalue weighted by atomic mass is 10.1. The Balaban J connectivity index is 1.46. The van der Waals surface area contributed by atoms with E-state index in [4.69, 9.17) is 4.42 Å². The average Bonchev–Trinajstić information content (AvgIpc) is 2.98. The number of nitrogens with zero attached hydrogens (tertiary/aromatic N) is 2. The molecule has 6 heteroatoms. The fraction of sp³-hybridized carbons (Fsp3) is 0.278.